The molecule has 0 bridgehead atoms. The zero-order valence-corrected chi connectivity index (χ0v) is 15.8. The summed E-state index contributed by atoms with van der Waals surface area (Å²) in [6.07, 6.45) is 1.53. The Bertz CT molecular complexity index is 1060. The number of aryl methyl sites for hydroxylation is 1. The zero-order chi connectivity index (χ0) is 18.6. The molecule has 9 heteroatoms. The Morgan fingerprint density at radius 2 is 2.19 bits per heavy atom. The van der Waals surface area contributed by atoms with Crippen molar-refractivity contribution in [1.82, 2.24) is 15.2 Å². The van der Waals surface area contributed by atoms with Gasteiger partial charge in [-0.3, -0.25) is 4.79 Å². The van der Waals surface area contributed by atoms with Crippen molar-refractivity contribution in [1.29, 1.82) is 0 Å². The molecule has 3 aromatic heterocycles. The number of carbonyl (C=O) groups is 1. The summed E-state index contributed by atoms with van der Waals surface area (Å²) in [6, 6.07) is 11.1. The molecule has 4 rings (SSSR count). The van der Waals surface area contributed by atoms with Crippen LogP contribution in [0.5, 0.6) is 0 Å². The van der Waals surface area contributed by atoms with Crippen LogP contribution in [0.2, 0.25) is 0 Å². The maximum Gasteiger partial charge on any atom is 0.284 e. The molecule has 3 heterocycles. The lowest BCUT2D eigenvalue weighted by molar-refractivity contribution is -0.113. The Hall–Kier alpha value is -2.91. The SMILES string of the molecule is Cc1nc(-c2cccc(NC(=O)CSc3nnc(-c4ccco4)o3)c2)cs1. The standard InChI is InChI=1S/C18H14N4O3S2/c1-11-19-14(9-26-11)12-4-2-5-13(8-12)20-16(23)10-27-18-22-21-17(25-18)15-6-3-7-24-15/h2-9H,10H2,1H3,(H,20,23). The molecule has 0 aliphatic heterocycles. The monoisotopic (exact) mass is 398 g/mol. The van der Waals surface area contributed by atoms with Gasteiger partial charge in [0, 0.05) is 16.6 Å². The molecular formula is C18H14N4O3S2. The van der Waals surface area contributed by atoms with E-state index in [1.807, 2.05) is 36.6 Å². The number of benzene rings is 1. The molecule has 0 saturated heterocycles. The molecule has 1 aromatic carbocycles. The van der Waals surface area contributed by atoms with Crippen molar-refractivity contribution in [2.45, 2.75) is 12.1 Å². The van der Waals surface area contributed by atoms with Gasteiger partial charge in [-0.05, 0) is 31.2 Å². The quantitative estimate of drug-likeness (QED) is 0.478. The summed E-state index contributed by atoms with van der Waals surface area (Å²) in [6.45, 7) is 1.96. The second kappa shape index (κ2) is 7.77. The summed E-state index contributed by atoms with van der Waals surface area (Å²) < 4.78 is 10.7. The van der Waals surface area contributed by atoms with Crippen molar-refractivity contribution < 1.29 is 13.6 Å². The van der Waals surface area contributed by atoms with Crippen LogP contribution in [0.25, 0.3) is 22.9 Å². The van der Waals surface area contributed by atoms with Gasteiger partial charge in [0.1, 0.15) is 0 Å². The highest BCUT2D eigenvalue weighted by molar-refractivity contribution is 7.99. The molecule has 0 fully saturated rings. The topological polar surface area (TPSA) is 94.1 Å². The number of thiazole rings is 1. The first-order chi connectivity index (χ1) is 13.2. The van der Waals surface area contributed by atoms with E-state index in [9.17, 15) is 4.79 Å². The minimum Gasteiger partial charge on any atom is -0.459 e. The van der Waals surface area contributed by atoms with Crippen LogP contribution in [0, 0.1) is 6.92 Å². The molecule has 0 unspecified atom stereocenters. The van der Waals surface area contributed by atoms with Crippen molar-refractivity contribution in [2.75, 3.05) is 11.1 Å². The molecule has 136 valence electrons. The minimum atomic E-state index is -0.163. The van der Waals surface area contributed by atoms with E-state index >= 15 is 0 Å². The van der Waals surface area contributed by atoms with E-state index in [0.717, 1.165) is 16.3 Å². The van der Waals surface area contributed by atoms with Gasteiger partial charge in [0.15, 0.2) is 5.76 Å². The second-order valence-corrected chi connectivity index (χ2v) is 7.51. The summed E-state index contributed by atoms with van der Waals surface area (Å²) in [5, 5.41) is 14.0. The van der Waals surface area contributed by atoms with Gasteiger partial charge in [0.25, 0.3) is 11.1 Å². The molecule has 1 N–H and O–H groups in total. The Kier molecular flexibility index (Phi) is 5.03. The van der Waals surface area contributed by atoms with E-state index in [4.69, 9.17) is 8.83 Å². The van der Waals surface area contributed by atoms with Gasteiger partial charge in [0.05, 0.1) is 22.7 Å². The lowest BCUT2D eigenvalue weighted by Gasteiger charge is -2.05. The number of aromatic nitrogens is 3. The molecule has 27 heavy (non-hydrogen) atoms. The summed E-state index contributed by atoms with van der Waals surface area (Å²) in [5.41, 5.74) is 2.58. The Labute approximate surface area is 162 Å². The number of furan rings is 1. The lowest BCUT2D eigenvalue weighted by atomic mass is 10.1. The normalized spacial score (nSPS) is 10.9. The number of hydrogen-bond acceptors (Lipinski definition) is 8. The molecule has 0 spiro atoms. The molecule has 7 nitrogen and oxygen atoms in total. The Balaban J connectivity index is 1.36. The van der Waals surface area contributed by atoms with Gasteiger partial charge in [-0.2, -0.15) is 0 Å². The fraction of sp³-hybridized carbons (Fsp3) is 0.111. The van der Waals surface area contributed by atoms with Crippen molar-refractivity contribution in [3.05, 3.63) is 53.0 Å². The minimum absolute atomic E-state index is 0.153. The number of hydrogen-bond donors (Lipinski definition) is 1. The summed E-state index contributed by atoms with van der Waals surface area (Å²) in [5.74, 6) is 0.770. The Morgan fingerprint density at radius 1 is 1.26 bits per heavy atom. The second-order valence-electron chi connectivity index (χ2n) is 5.52. The molecule has 0 saturated carbocycles. The van der Waals surface area contributed by atoms with Crippen LogP contribution in [0.1, 0.15) is 5.01 Å². The third-order valence-corrected chi connectivity index (χ3v) is 5.12. The van der Waals surface area contributed by atoms with Crippen LogP contribution in [-0.4, -0.2) is 26.8 Å². The number of nitrogens with zero attached hydrogens (tertiary/aromatic N) is 3. The fourth-order valence-electron chi connectivity index (χ4n) is 2.34. The van der Waals surface area contributed by atoms with Crippen molar-refractivity contribution in [3.8, 4) is 22.9 Å². The smallest absolute Gasteiger partial charge is 0.284 e. The number of nitrogens with one attached hydrogen (secondary N) is 1. The van der Waals surface area contributed by atoms with E-state index in [1.165, 1.54) is 18.0 Å². The first-order valence-corrected chi connectivity index (χ1v) is 9.86. The van der Waals surface area contributed by atoms with Gasteiger partial charge in [-0.1, -0.05) is 23.9 Å². The third kappa shape index (κ3) is 4.26. The van der Waals surface area contributed by atoms with Crippen molar-refractivity contribution >= 4 is 34.7 Å². The number of thioether (sulfide) groups is 1. The lowest BCUT2D eigenvalue weighted by Crippen LogP contribution is -2.14. The average molecular weight is 398 g/mol. The molecule has 0 atom stereocenters. The molecular weight excluding hydrogens is 384 g/mol. The van der Waals surface area contributed by atoms with Gasteiger partial charge in [-0.15, -0.1) is 21.5 Å². The zero-order valence-electron chi connectivity index (χ0n) is 14.2. The number of anilines is 1. The van der Waals surface area contributed by atoms with Crippen LogP contribution >= 0.6 is 23.1 Å². The van der Waals surface area contributed by atoms with Crippen LogP contribution in [0.15, 0.2) is 62.1 Å². The number of carbonyl (C=O) groups excluding carboxylic acids is 1. The number of rotatable bonds is 6. The summed E-state index contributed by atoms with van der Waals surface area (Å²) in [7, 11) is 0. The van der Waals surface area contributed by atoms with Crippen LogP contribution in [-0.2, 0) is 4.79 Å². The predicted molar refractivity (Wildman–Crippen MR) is 104 cm³/mol. The molecule has 4 aromatic rings. The molecule has 0 aliphatic rings. The predicted octanol–water partition coefficient (Wildman–Crippen LogP) is 4.49. The van der Waals surface area contributed by atoms with Crippen LogP contribution in [0.3, 0.4) is 0 Å². The number of amides is 1. The highest BCUT2D eigenvalue weighted by atomic mass is 32.2. The molecule has 1 amide bonds. The van der Waals surface area contributed by atoms with Gasteiger partial charge >= 0.3 is 0 Å². The van der Waals surface area contributed by atoms with Crippen molar-refractivity contribution in [2.24, 2.45) is 0 Å². The maximum absolute atomic E-state index is 12.2. The Morgan fingerprint density at radius 3 is 2.96 bits per heavy atom. The van der Waals surface area contributed by atoms with E-state index < -0.39 is 0 Å². The van der Waals surface area contributed by atoms with E-state index in [1.54, 1.807) is 23.5 Å². The summed E-state index contributed by atoms with van der Waals surface area (Å²) in [4.78, 5) is 16.7. The highest BCUT2D eigenvalue weighted by Gasteiger charge is 2.13. The van der Waals surface area contributed by atoms with Gasteiger partial charge in [-0.25, -0.2) is 4.98 Å². The van der Waals surface area contributed by atoms with Gasteiger partial charge in [0.2, 0.25) is 5.91 Å². The van der Waals surface area contributed by atoms with E-state index in [0.29, 0.717) is 16.7 Å². The molecule has 0 radical (unpaired) electrons. The van der Waals surface area contributed by atoms with Gasteiger partial charge < -0.3 is 14.2 Å². The van der Waals surface area contributed by atoms with Crippen LogP contribution < -0.4 is 5.32 Å². The fourth-order valence-corrected chi connectivity index (χ4v) is 3.53. The first kappa shape index (κ1) is 17.5. The maximum atomic E-state index is 12.2. The summed E-state index contributed by atoms with van der Waals surface area (Å²) >= 11 is 2.76. The highest BCUT2D eigenvalue weighted by Crippen LogP contribution is 2.25. The van der Waals surface area contributed by atoms with E-state index in [-0.39, 0.29) is 17.6 Å². The third-order valence-electron chi connectivity index (χ3n) is 3.53. The average Bonchev–Trinajstić information content (AvgIpc) is 3.41. The molecule has 0 aliphatic carbocycles. The van der Waals surface area contributed by atoms with Crippen molar-refractivity contribution in [3.63, 3.8) is 0 Å². The van der Waals surface area contributed by atoms with E-state index in [2.05, 4.69) is 20.5 Å². The largest absolute Gasteiger partial charge is 0.459 e. The van der Waals surface area contributed by atoms with Crippen LogP contribution in [0.4, 0.5) is 5.69 Å². The first-order valence-electron chi connectivity index (χ1n) is 8.00.